The van der Waals surface area contributed by atoms with Crippen LogP contribution in [0.15, 0.2) is 6.20 Å². The Labute approximate surface area is 116 Å². The molecule has 1 unspecified atom stereocenters. The highest BCUT2D eigenvalue weighted by atomic mass is 14.9. The first-order valence-corrected chi connectivity index (χ1v) is 7.61. The van der Waals surface area contributed by atoms with Crippen molar-refractivity contribution in [2.75, 3.05) is 6.54 Å². The molecule has 104 valence electrons. The van der Waals surface area contributed by atoms with E-state index in [9.17, 15) is 0 Å². The molecule has 0 aliphatic heterocycles. The Hall–Kier alpha value is -0.960. The van der Waals surface area contributed by atoms with E-state index in [1.165, 1.54) is 37.1 Å². The summed E-state index contributed by atoms with van der Waals surface area (Å²) in [5.41, 5.74) is 2.73. The van der Waals surface area contributed by atoms with Crippen LogP contribution in [0.1, 0.15) is 57.1 Å². The van der Waals surface area contributed by atoms with Gasteiger partial charge in [-0.25, -0.2) is 9.97 Å². The van der Waals surface area contributed by atoms with E-state index in [1.807, 2.05) is 0 Å². The lowest BCUT2D eigenvalue weighted by Gasteiger charge is -2.26. The number of hydrogen-bond acceptors (Lipinski definition) is 3. The Kier molecular flexibility index (Phi) is 3.34. The van der Waals surface area contributed by atoms with Gasteiger partial charge in [0.2, 0.25) is 0 Å². The monoisotopic (exact) mass is 259 g/mol. The Morgan fingerprint density at radius 2 is 2.05 bits per heavy atom. The van der Waals surface area contributed by atoms with E-state index in [0.717, 1.165) is 30.6 Å². The van der Waals surface area contributed by atoms with Crippen molar-refractivity contribution < 1.29 is 0 Å². The van der Waals surface area contributed by atoms with E-state index in [-0.39, 0.29) is 5.41 Å². The maximum Gasteiger partial charge on any atom is 0.133 e. The van der Waals surface area contributed by atoms with Gasteiger partial charge in [-0.15, -0.1) is 0 Å². The zero-order chi connectivity index (χ0) is 13.5. The first-order chi connectivity index (χ1) is 9.02. The van der Waals surface area contributed by atoms with Crippen molar-refractivity contribution in [1.29, 1.82) is 0 Å². The SMILES string of the molecule is CC(C)(C)c1ncc2c(n1)CCC(CNC1CC1)C2. The summed E-state index contributed by atoms with van der Waals surface area (Å²) in [7, 11) is 0. The van der Waals surface area contributed by atoms with Gasteiger partial charge in [0, 0.05) is 23.3 Å². The molecular formula is C16H25N3. The summed E-state index contributed by atoms with van der Waals surface area (Å²) in [6.45, 7) is 7.71. The molecular weight excluding hydrogens is 234 g/mol. The number of aromatic nitrogens is 2. The fourth-order valence-corrected chi connectivity index (χ4v) is 2.74. The quantitative estimate of drug-likeness (QED) is 0.907. The van der Waals surface area contributed by atoms with E-state index in [2.05, 4.69) is 37.3 Å². The van der Waals surface area contributed by atoms with Crippen LogP contribution in [0.25, 0.3) is 0 Å². The number of rotatable bonds is 3. The molecule has 2 aliphatic rings. The van der Waals surface area contributed by atoms with Crippen molar-refractivity contribution in [2.45, 2.75) is 64.3 Å². The van der Waals surface area contributed by atoms with Crippen LogP contribution in [0, 0.1) is 5.92 Å². The number of nitrogens with one attached hydrogen (secondary N) is 1. The van der Waals surface area contributed by atoms with E-state index in [0.29, 0.717) is 0 Å². The molecule has 3 rings (SSSR count). The topological polar surface area (TPSA) is 37.8 Å². The Morgan fingerprint density at radius 1 is 1.26 bits per heavy atom. The van der Waals surface area contributed by atoms with Gasteiger partial charge >= 0.3 is 0 Å². The fraction of sp³-hybridized carbons (Fsp3) is 0.750. The van der Waals surface area contributed by atoms with Crippen LogP contribution in [-0.2, 0) is 18.3 Å². The molecule has 0 amide bonds. The third kappa shape index (κ3) is 3.14. The minimum atomic E-state index is 0.0550. The molecule has 1 aromatic heterocycles. The average molecular weight is 259 g/mol. The average Bonchev–Trinajstić information content (AvgIpc) is 3.18. The van der Waals surface area contributed by atoms with Crippen molar-refractivity contribution >= 4 is 0 Å². The largest absolute Gasteiger partial charge is 0.314 e. The third-order valence-corrected chi connectivity index (χ3v) is 4.20. The third-order valence-electron chi connectivity index (χ3n) is 4.20. The lowest BCUT2D eigenvalue weighted by atomic mass is 9.86. The molecule has 1 saturated carbocycles. The summed E-state index contributed by atoms with van der Waals surface area (Å²) < 4.78 is 0. The van der Waals surface area contributed by atoms with Crippen molar-refractivity contribution in [3.8, 4) is 0 Å². The van der Waals surface area contributed by atoms with E-state index < -0.39 is 0 Å². The van der Waals surface area contributed by atoms with Crippen molar-refractivity contribution in [3.05, 3.63) is 23.3 Å². The molecule has 0 aromatic carbocycles. The Bertz CT molecular complexity index is 458. The molecule has 1 heterocycles. The zero-order valence-electron chi connectivity index (χ0n) is 12.4. The van der Waals surface area contributed by atoms with Crippen LogP contribution in [0.3, 0.4) is 0 Å². The van der Waals surface area contributed by atoms with E-state index in [1.54, 1.807) is 0 Å². The van der Waals surface area contributed by atoms with Gasteiger partial charge in [0.15, 0.2) is 0 Å². The summed E-state index contributed by atoms with van der Waals surface area (Å²) in [6, 6.07) is 0.820. The Morgan fingerprint density at radius 3 is 2.74 bits per heavy atom. The molecule has 0 radical (unpaired) electrons. The van der Waals surface area contributed by atoms with Crippen molar-refractivity contribution in [2.24, 2.45) is 5.92 Å². The summed E-state index contributed by atoms with van der Waals surface area (Å²) in [5, 5.41) is 3.65. The van der Waals surface area contributed by atoms with Crippen LogP contribution in [0.2, 0.25) is 0 Å². The zero-order valence-corrected chi connectivity index (χ0v) is 12.4. The van der Waals surface area contributed by atoms with Crippen LogP contribution >= 0.6 is 0 Å². The van der Waals surface area contributed by atoms with Gasteiger partial charge in [0.25, 0.3) is 0 Å². The minimum absolute atomic E-state index is 0.0550. The van der Waals surface area contributed by atoms with E-state index >= 15 is 0 Å². The van der Waals surface area contributed by atoms with Crippen LogP contribution in [0.5, 0.6) is 0 Å². The van der Waals surface area contributed by atoms with Crippen LogP contribution in [0.4, 0.5) is 0 Å². The molecule has 0 saturated heterocycles. The van der Waals surface area contributed by atoms with Crippen molar-refractivity contribution in [1.82, 2.24) is 15.3 Å². The maximum atomic E-state index is 4.80. The first kappa shape index (κ1) is 13.0. The molecule has 3 nitrogen and oxygen atoms in total. The normalized spacial score (nSPS) is 23.2. The lowest BCUT2D eigenvalue weighted by molar-refractivity contribution is 0.414. The molecule has 1 aromatic rings. The van der Waals surface area contributed by atoms with Crippen LogP contribution < -0.4 is 5.32 Å². The van der Waals surface area contributed by atoms with Gasteiger partial charge in [-0.05, 0) is 50.1 Å². The van der Waals surface area contributed by atoms with Gasteiger partial charge in [-0.1, -0.05) is 20.8 Å². The van der Waals surface area contributed by atoms with Gasteiger partial charge in [0.05, 0.1) is 0 Å². The first-order valence-electron chi connectivity index (χ1n) is 7.61. The molecule has 0 spiro atoms. The van der Waals surface area contributed by atoms with Crippen molar-refractivity contribution in [3.63, 3.8) is 0 Å². The number of hydrogen-bond donors (Lipinski definition) is 1. The summed E-state index contributed by atoms with van der Waals surface area (Å²) in [4.78, 5) is 9.37. The number of aryl methyl sites for hydroxylation is 1. The highest BCUT2D eigenvalue weighted by Gasteiger charge is 2.26. The maximum absolute atomic E-state index is 4.80. The number of fused-ring (bicyclic) bond motifs is 1. The second-order valence-corrected chi connectivity index (χ2v) is 7.21. The molecule has 2 aliphatic carbocycles. The second kappa shape index (κ2) is 4.86. The lowest BCUT2D eigenvalue weighted by Crippen LogP contribution is -2.29. The van der Waals surface area contributed by atoms with E-state index in [4.69, 9.17) is 4.98 Å². The molecule has 1 fully saturated rings. The van der Waals surface area contributed by atoms with Gasteiger partial charge in [0.1, 0.15) is 5.82 Å². The predicted molar refractivity (Wildman–Crippen MR) is 77.3 cm³/mol. The minimum Gasteiger partial charge on any atom is -0.314 e. The molecule has 1 atom stereocenters. The molecule has 1 N–H and O–H groups in total. The molecule has 0 bridgehead atoms. The number of nitrogens with zero attached hydrogens (tertiary/aromatic N) is 2. The highest BCUT2D eigenvalue weighted by Crippen LogP contribution is 2.27. The summed E-state index contributed by atoms with van der Waals surface area (Å²) in [5.74, 6) is 1.76. The standard InChI is InChI=1S/C16H25N3/c1-16(2,3)15-18-10-12-8-11(4-7-14(12)19-15)9-17-13-5-6-13/h10-11,13,17H,4-9H2,1-3H3. The Balaban J connectivity index is 1.67. The van der Waals surface area contributed by atoms with Gasteiger partial charge in [-0.3, -0.25) is 0 Å². The molecule has 3 heteroatoms. The van der Waals surface area contributed by atoms with Gasteiger partial charge < -0.3 is 5.32 Å². The molecule has 19 heavy (non-hydrogen) atoms. The summed E-state index contributed by atoms with van der Waals surface area (Å²) >= 11 is 0. The fourth-order valence-electron chi connectivity index (χ4n) is 2.74. The van der Waals surface area contributed by atoms with Gasteiger partial charge in [-0.2, -0.15) is 0 Å². The highest BCUT2D eigenvalue weighted by molar-refractivity contribution is 5.23. The summed E-state index contributed by atoms with van der Waals surface area (Å²) in [6.07, 6.45) is 8.37. The second-order valence-electron chi connectivity index (χ2n) is 7.21. The van der Waals surface area contributed by atoms with Crippen LogP contribution in [-0.4, -0.2) is 22.6 Å². The predicted octanol–water partition coefficient (Wildman–Crippen LogP) is 2.63. The smallest absolute Gasteiger partial charge is 0.133 e.